The van der Waals surface area contributed by atoms with Gasteiger partial charge in [-0.25, -0.2) is 0 Å². The van der Waals surface area contributed by atoms with E-state index >= 15 is 0 Å². The summed E-state index contributed by atoms with van der Waals surface area (Å²) in [5.41, 5.74) is 2.87. The van der Waals surface area contributed by atoms with Crippen molar-refractivity contribution in [2.45, 2.75) is 46.2 Å². The lowest BCUT2D eigenvalue weighted by Crippen LogP contribution is -2.38. The molecule has 0 fully saturated rings. The van der Waals surface area contributed by atoms with Crippen LogP contribution in [0, 0.1) is 11.3 Å². The Labute approximate surface area is 163 Å². The Morgan fingerprint density at radius 1 is 1.26 bits per heavy atom. The summed E-state index contributed by atoms with van der Waals surface area (Å²) in [5.74, 6) is 1.01. The summed E-state index contributed by atoms with van der Waals surface area (Å²) in [7, 11) is 1.52. The van der Waals surface area contributed by atoms with Gasteiger partial charge in [-0.1, -0.05) is 32.9 Å². The number of benzene rings is 1. The summed E-state index contributed by atoms with van der Waals surface area (Å²) in [5, 5.41) is 17.8. The highest BCUT2D eigenvalue weighted by atomic mass is 32.1. The van der Waals surface area contributed by atoms with Crippen LogP contribution in [0.25, 0.3) is 0 Å². The quantitative estimate of drug-likeness (QED) is 0.712. The Morgan fingerprint density at radius 3 is 2.74 bits per heavy atom. The number of fused-ring (bicyclic) bond motifs is 3. The van der Waals surface area contributed by atoms with Crippen LogP contribution in [-0.2, 0) is 12.8 Å². The highest BCUT2D eigenvalue weighted by Gasteiger charge is 2.37. The summed E-state index contributed by atoms with van der Waals surface area (Å²) in [4.78, 5) is 14.2. The van der Waals surface area contributed by atoms with E-state index < -0.39 is 6.17 Å². The molecule has 0 bridgehead atoms. The Kier molecular flexibility index (Phi) is 4.34. The highest BCUT2D eigenvalue weighted by Crippen LogP contribution is 2.46. The number of amides is 1. The number of phenolic OH excluding ortho intramolecular Hbond substituents is 1. The van der Waals surface area contributed by atoms with E-state index in [0.29, 0.717) is 17.2 Å². The van der Waals surface area contributed by atoms with Crippen LogP contribution < -0.4 is 15.4 Å². The molecule has 3 N–H and O–H groups in total. The molecule has 0 radical (unpaired) electrons. The number of nitrogens with one attached hydrogen (secondary N) is 2. The molecule has 1 aromatic heterocycles. The lowest BCUT2D eigenvalue weighted by molar-refractivity contribution is 0.0934. The minimum atomic E-state index is -0.474. The minimum absolute atomic E-state index is 0.0513. The number of carbonyl (C=O) groups is 1. The average Bonchev–Trinajstić information content (AvgIpc) is 2.99. The van der Waals surface area contributed by atoms with E-state index in [2.05, 4.69) is 31.4 Å². The zero-order chi connectivity index (χ0) is 19.3. The van der Waals surface area contributed by atoms with E-state index in [9.17, 15) is 9.90 Å². The topological polar surface area (TPSA) is 70.6 Å². The molecule has 2 heterocycles. The predicted octanol–water partition coefficient (Wildman–Crippen LogP) is 4.47. The summed E-state index contributed by atoms with van der Waals surface area (Å²) in [6.45, 7) is 6.88. The minimum Gasteiger partial charge on any atom is -0.504 e. The zero-order valence-electron chi connectivity index (χ0n) is 16.2. The van der Waals surface area contributed by atoms with Crippen molar-refractivity contribution in [3.05, 3.63) is 39.8 Å². The third-order valence-electron chi connectivity index (χ3n) is 5.83. The number of rotatable bonds is 2. The van der Waals surface area contributed by atoms with E-state index in [4.69, 9.17) is 4.74 Å². The molecule has 1 aromatic carbocycles. The monoisotopic (exact) mass is 386 g/mol. The zero-order valence-corrected chi connectivity index (χ0v) is 17.0. The molecule has 1 amide bonds. The van der Waals surface area contributed by atoms with E-state index in [1.807, 2.05) is 6.07 Å². The van der Waals surface area contributed by atoms with Gasteiger partial charge >= 0.3 is 0 Å². The number of para-hydroxylation sites is 1. The number of carbonyl (C=O) groups excluding carboxylic acids is 1. The van der Waals surface area contributed by atoms with Crippen LogP contribution in [0.3, 0.4) is 0 Å². The molecule has 6 heteroatoms. The van der Waals surface area contributed by atoms with Crippen molar-refractivity contribution in [2.24, 2.45) is 11.3 Å². The number of anilines is 1. The molecule has 0 saturated carbocycles. The van der Waals surface area contributed by atoms with Crippen LogP contribution in [0.5, 0.6) is 11.5 Å². The fourth-order valence-corrected chi connectivity index (χ4v) is 5.48. The second kappa shape index (κ2) is 6.44. The third-order valence-corrected chi connectivity index (χ3v) is 7.01. The maximum absolute atomic E-state index is 12.9. The molecule has 1 aliphatic heterocycles. The molecule has 2 aliphatic rings. The van der Waals surface area contributed by atoms with Gasteiger partial charge in [-0.05, 0) is 42.2 Å². The van der Waals surface area contributed by atoms with Crippen LogP contribution in [0.4, 0.5) is 5.00 Å². The van der Waals surface area contributed by atoms with Crippen molar-refractivity contribution in [2.75, 3.05) is 12.4 Å². The lowest BCUT2D eigenvalue weighted by atomic mass is 9.72. The van der Waals surface area contributed by atoms with Crippen LogP contribution in [-0.4, -0.2) is 18.1 Å². The molecule has 0 spiro atoms. The average molecular weight is 387 g/mol. The largest absolute Gasteiger partial charge is 0.504 e. The smallest absolute Gasteiger partial charge is 0.256 e. The lowest BCUT2D eigenvalue weighted by Gasteiger charge is -2.34. The molecule has 2 atom stereocenters. The SMILES string of the molecule is COc1cccc([C@H]2NC(=O)c3c(sc4c3CC[C@H](C(C)(C)C)C4)N2)c1O. The first-order valence-corrected chi connectivity index (χ1v) is 10.2. The van der Waals surface area contributed by atoms with Crippen LogP contribution >= 0.6 is 11.3 Å². The second-order valence-corrected chi connectivity index (χ2v) is 9.57. The standard InChI is InChI=1S/C21H26N2O3S/c1-21(2,3)11-8-9-12-15(10-11)27-20-16(12)19(25)22-18(23-20)13-6-5-7-14(26-4)17(13)24/h5-7,11,18,23-24H,8-10H2,1-4H3,(H,22,25)/t11-,18-/m0/s1. The molecule has 1 aliphatic carbocycles. The van der Waals surface area contributed by atoms with Gasteiger partial charge in [0.05, 0.1) is 12.7 Å². The molecule has 4 rings (SSSR count). The number of phenols is 1. The number of thiophene rings is 1. The maximum atomic E-state index is 12.9. The van der Waals surface area contributed by atoms with Gasteiger partial charge in [0.15, 0.2) is 11.5 Å². The van der Waals surface area contributed by atoms with Gasteiger partial charge in [0.25, 0.3) is 5.91 Å². The van der Waals surface area contributed by atoms with Gasteiger partial charge in [-0.2, -0.15) is 0 Å². The Morgan fingerprint density at radius 2 is 2.04 bits per heavy atom. The van der Waals surface area contributed by atoms with Gasteiger partial charge in [0.2, 0.25) is 0 Å². The molecule has 27 heavy (non-hydrogen) atoms. The summed E-state index contributed by atoms with van der Waals surface area (Å²) < 4.78 is 5.19. The summed E-state index contributed by atoms with van der Waals surface area (Å²) in [6, 6.07) is 5.31. The van der Waals surface area contributed by atoms with Crippen molar-refractivity contribution < 1.29 is 14.6 Å². The summed E-state index contributed by atoms with van der Waals surface area (Å²) in [6.07, 6.45) is 2.62. The van der Waals surface area contributed by atoms with Crippen molar-refractivity contribution in [3.63, 3.8) is 0 Å². The fraction of sp³-hybridized carbons (Fsp3) is 0.476. The van der Waals surface area contributed by atoms with E-state index in [0.717, 1.165) is 29.8 Å². The fourth-order valence-electron chi connectivity index (χ4n) is 4.13. The molecule has 144 valence electrons. The van der Waals surface area contributed by atoms with Gasteiger partial charge in [-0.3, -0.25) is 4.79 Å². The number of hydrogen-bond donors (Lipinski definition) is 3. The van der Waals surface area contributed by atoms with Crippen LogP contribution in [0.15, 0.2) is 18.2 Å². The number of ether oxygens (including phenoxy) is 1. The number of methoxy groups -OCH3 is 1. The molecule has 2 aromatic rings. The Balaban J connectivity index is 1.67. The Bertz CT molecular complexity index is 898. The van der Waals surface area contributed by atoms with E-state index in [1.165, 1.54) is 17.6 Å². The number of hydrogen-bond acceptors (Lipinski definition) is 5. The van der Waals surface area contributed by atoms with E-state index in [1.54, 1.807) is 23.5 Å². The number of aromatic hydroxyl groups is 1. The van der Waals surface area contributed by atoms with Gasteiger partial charge in [0, 0.05) is 10.4 Å². The molecular formula is C21H26N2O3S. The van der Waals surface area contributed by atoms with Crippen molar-refractivity contribution in [1.82, 2.24) is 5.32 Å². The summed E-state index contributed by atoms with van der Waals surface area (Å²) >= 11 is 1.69. The first-order chi connectivity index (χ1) is 12.8. The third kappa shape index (κ3) is 3.06. The molecular weight excluding hydrogens is 360 g/mol. The second-order valence-electron chi connectivity index (χ2n) is 8.46. The predicted molar refractivity (Wildman–Crippen MR) is 108 cm³/mol. The maximum Gasteiger partial charge on any atom is 0.256 e. The van der Waals surface area contributed by atoms with Crippen molar-refractivity contribution >= 4 is 22.2 Å². The first kappa shape index (κ1) is 18.2. The molecule has 5 nitrogen and oxygen atoms in total. The van der Waals surface area contributed by atoms with Gasteiger partial charge in [-0.15, -0.1) is 11.3 Å². The van der Waals surface area contributed by atoms with Crippen molar-refractivity contribution in [1.29, 1.82) is 0 Å². The van der Waals surface area contributed by atoms with Gasteiger partial charge < -0.3 is 20.5 Å². The van der Waals surface area contributed by atoms with E-state index in [-0.39, 0.29) is 17.1 Å². The van der Waals surface area contributed by atoms with Crippen LogP contribution in [0.1, 0.15) is 59.7 Å². The molecule has 0 unspecified atom stereocenters. The first-order valence-electron chi connectivity index (χ1n) is 9.37. The van der Waals surface area contributed by atoms with Crippen molar-refractivity contribution in [3.8, 4) is 11.5 Å². The molecule has 0 saturated heterocycles. The van der Waals surface area contributed by atoms with Gasteiger partial charge in [0.1, 0.15) is 11.2 Å². The normalized spacial score (nSPS) is 21.7. The highest BCUT2D eigenvalue weighted by molar-refractivity contribution is 7.16. The van der Waals surface area contributed by atoms with Crippen LogP contribution in [0.2, 0.25) is 0 Å². The Hall–Kier alpha value is -2.21.